The van der Waals surface area contributed by atoms with Crippen molar-refractivity contribution < 1.29 is 9.36 Å². The highest BCUT2D eigenvalue weighted by Crippen LogP contribution is 2.01. The van der Waals surface area contributed by atoms with Gasteiger partial charge in [-0.05, 0) is 12.5 Å². The van der Waals surface area contributed by atoms with Crippen LogP contribution >= 0.6 is 0 Å². The average Bonchev–Trinajstić information content (AvgIpc) is 2.59. The summed E-state index contributed by atoms with van der Waals surface area (Å²) in [7, 11) is 0. The first-order valence-electron chi connectivity index (χ1n) is 5.41. The monoisotopic (exact) mass is 231 g/mol. The quantitative estimate of drug-likeness (QED) is 0.774. The molecule has 1 aromatic heterocycles. The van der Waals surface area contributed by atoms with Gasteiger partial charge in [0.2, 0.25) is 0 Å². The topological polar surface area (TPSA) is 64.8 Å². The van der Waals surface area contributed by atoms with E-state index in [0.29, 0.717) is 12.5 Å². The number of benzene rings is 1. The highest BCUT2D eigenvalue weighted by molar-refractivity contribution is 5.73. The van der Waals surface area contributed by atoms with Crippen molar-refractivity contribution in [2.24, 2.45) is 0 Å². The number of ketones is 1. The number of nitrogens with zero attached hydrogens (tertiary/aromatic N) is 3. The Kier molecular flexibility index (Phi) is 3.18. The Bertz CT molecular complexity index is 519. The van der Waals surface area contributed by atoms with Gasteiger partial charge in [-0.1, -0.05) is 30.3 Å². The Labute approximate surface area is 99.5 Å². The third-order valence-corrected chi connectivity index (χ3v) is 2.38. The van der Waals surface area contributed by atoms with Gasteiger partial charge in [0, 0.05) is 5.10 Å². The van der Waals surface area contributed by atoms with Crippen LogP contribution in [0.5, 0.6) is 0 Å². The minimum Gasteiger partial charge on any atom is -0.305 e. The molecule has 0 atom stereocenters. The Morgan fingerprint density at radius 2 is 2.12 bits per heavy atom. The van der Waals surface area contributed by atoms with Crippen molar-refractivity contribution in [3.05, 3.63) is 42.2 Å². The smallest absolute Gasteiger partial charge is 0.305 e. The first kappa shape index (κ1) is 11.3. The van der Waals surface area contributed by atoms with Crippen LogP contribution in [-0.4, -0.2) is 15.6 Å². The van der Waals surface area contributed by atoms with Crippen LogP contribution in [-0.2, 0) is 17.9 Å². The van der Waals surface area contributed by atoms with Crippen molar-refractivity contribution >= 4 is 11.7 Å². The van der Waals surface area contributed by atoms with Crippen LogP contribution in [0.15, 0.2) is 36.7 Å². The number of rotatable bonds is 4. The van der Waals surface area contributed by atoms with E-state index in [4.69, 9.17) is 5.73 Å². The first-order chi connectivity index (χ1) is 8.15. The second-order valence-corrected chi connectivity index (χ2v) is 3.99. The summed E-state index contributed by atoms with van der Waals surface area (Å²) in [6, 6.07) is 9.97. The normalized spacial score (nSPS) is 10.4. The van der Waals surface area contributed by atoms with Crippen molar-refractivity contribution in [2.75, 3.05) is 5.73 Å². The highest BCUT2D eigenvalue weighted by Gasteiger charge is 2.13. The van der Waals surface area contributed by atoms with Crippen LogP contribution in [0.2, 0.25) is 0 Å². The largest absolute Gasteiger partial charge is 0.375 e. The molecule has 0 aliphatic heterocycles. The third-order valence-electron chi connectivity index (χ3n) is 2.38. The van der Waals surface area contributed by atoms with E-state index in [0.717, 1.165) is 5.56 Å². The van der Waals surface area contributed by atoms with Gasteiger partial charge in [0.05, 0.1) is 0 Å². The van der Waals surface area contributed by atoms with Gasteiger partial charge in [0.15, 0.2) is 12.1 Å². The van der Waals surface area contributed by atoms with E-state index in [1.165, 1.54) is 6.92 Å². The molecule has 17 heavy (non-hydrogen) atoms. The van der Waals surface area contributed by atoms with E-state index in [2.05, 4.69) is 5.10 Å². The van der Waals surface area contributed by atoms with E-state index < -0.39 is 0 Å². The number of hydrogen-bond donors (Lipinski definition) is 1. The summed E-state index contributed by atoms with van der Waals surface area (Å²) in [5.74, 6) is 0.414. The van der Waals surface area contributed by atoms with E-state index in [1.54, 1.807) is 15.6 Å². The van der Waals surface area contributed by atoms with E-state index >= 15 is 0 Å². The predicted molar refractivity (Wildman–Crippen MR) is 63.1 cm³/mol. The molecule has 2 N–H and O–H groups in total. The minimum atomic E-state index is 0.0564. The Balaban J connectivity index is 2.15. The third kappa shape index (κ3) is 2.90. The predicted octanol–water partition coefficient (Wildman–Crippen LogP) is 0.390. The minimum absolute atomic E-state index is 0.0564. The second kappa shape index (κ2) is 4.78. The summed E-state index contributed by atoms with van der Waals surface area (Å²) in [5.41, 5.74) is 6.87. The van der Waals surface area contributed by atoms with Crippen LogP contribution in [0.3, 0.4) is 0 Å². The van der Waals surface area contributed by atoms with Crippen molar-refractivity contribution in [1.82, 2.24) is 9.78 Å². The van der Waals surface area contributed by atoms with Gasteiger partial charge >= 0.3 is 5.95 Å². The molecular weight excluding hydrogens is 216 g/mol. The highest BCUT2D eigenvalue weighted by atomic mass is 16.1. The van der Waals surface area contributed by atoms with Crippen molar-refractivity contribution in [3.8, 4) is 0 Å². The van der Waals surface area contributed by atoms with Crippen LogP contribution in [0.25, 0.3) is 0 Å². The molecule has 2 rings (SSSR count). The molecule has 0 saturated carbocycles. The fourth-order valence-electron chi connectivity index (χ4n) is 1.64. The average molecular weight is 231 g/mol. The summed E-state index contributed by atoms with van der Waals surface area (Å²) >= 11 is 0. The zero-order chi connectivity index (χ0) is 12.3. The molecular formula is C12H15N4O+. The van der Waals surface area contributed by atoms with Crippen LogP contribution < -0.4 is 10.3 Å². The lowest BCUT2D eigenvalue weighted by Crippen LogP contribution is -2.38. The summed E-state index contributed by atoms with van der Waals surface area (Å²) in [4.78, 5) is 11.0. The molecule has 0 spiro atoms. The lowest BCUT2D eigenvalue weighted by molar-refractivity contribution is -0.670. The molecule has 0 saturated heterocycles. The Hall–Kier alpha value is -2.17. The summed E-state index contributed by atoms with van der Waals surface area (Å²) in [6.45, 7) is 2.44. The van der Waals surface area contributed by atoms with Crippen molar-refractivity contribution in [3.63, 3.8) is 0 Å². The van der Waals surface area contributed by atoms with Crippen LogP contribution in [0.1, 0.15) is 12.5 Å². The molecule has 0 unspecified atom stereocenters. The molecule has 0 radical (unpaired) electrons. The number of anilines is 1. The maximum Gasteiger partial charge on any atom is 0.375 e. The molecule has 0 aliphatic carbocycles. The van der Waals surface area contributed by atoms with Gasteiger partial charge in [-0.2, -0.15) is 0 Å². The van der Waals surface area contributed by atoms with Crippen molar-refractivity contribution in [2.45, 2.75) is 20.0 Å². The lowest BCUT2D eigenvalue weighted by Gasteiger charge is -1.95. The van der Waals surface area contributed by atoms with Gasteiger partial charge in [0.1, 0.15) is 13.1 Å². The second-order valence-electron chi connectivity index (χ2n) is 3.99. The number of nitrogens with two attached hydrogens (primary N) is 1. The molecule has 5 nitrogen and oxygen atoms in total. The molecule has 88 valence electrons. The Morgan fingerprint density at radius 3 is 2.76 bits per heavy atom. The molecule has 0 aliphatic rings. The summed E-state index contributed by atoms with van der Waals surface area (Å²) in [5, 5.41) is 4.16. The van der Waals surface area contributed by atoms with E-state index in [-0.39, 0.29) is 12.3 Å². The molecule has 1 heterocycles. The number of hydrogen-bond acceptors (Lipinski definition) is 3. The Morgan fingerprint density at radius 1 is 1.41 bits per heavy atom. The fraction of sp³-hybridized carbons (Fsp3) is 0.250. The molecule has 0 fully saturated rings. The van der Waals surface area contributed by atoms with E-state index in [9.17, 15) is 4.79 Å². The zero-order valence-corrected chi connectivity index (χ0v) is 9.71. The van der Waals surface area contributed by atoms with E-state index in [1.807, 2.05) is 30.3 Å². The number of carbonyl (C=O) groups is 1. The number of aromatic nitrogens is 3. The standard InChI is InChI=1S/C12H15N4O/c1-10(17)7-15-9-16(14-12(15)13)8-11-5-3-2-4-6-11/h2-6,9H,7-8H2,1H3,(H2,13,14)/q+1. The van der Waals surface area contributed by atoms with Crippen LogP contribution in [0.4, 0.5) is 5.95 Å². The van der Waals surface area contributed by atoms with Crippen molar-refractivity contribution in [1.29, 1.82) is 0 Å². The first-order valence-corrected chi connectivity index (χ1v) is 5.41. The summed E-state index contributed by atoms with van der Waals surface area (Å²) < 4.78 is 3.37. The molecule has 1 aromatic carbocycles. The maximum absolute atomic E-state index is 11.0. The van der Waals surface area contributed by atoms with Crippen LogP contribution in [0, 0.1) is 0 Å². The van der Waals surface area contributed by atoms with Gasteiger partial charge in [-0.25, -0.2) is 4.57 Å². The molecule has 5 heteroatoms. The van der Waals surface area contributed by atoms with Gasteiger partial charge < -0.3 is 5.73 Å². The maximum atomic E-state index is 11.0. The molecule has 0 bridgehead atoms. The number of Topliss-reactive ketones (excluding diaryl/α,β-unsaturated/α-hetero) is 1. The van der Waals surface area contributed by atoms with Gasteiger partial charge in [0.25, 0.3) is 0 Å². The lowest BCUT2D eigenvalue weighted by atomic mass is 10.2. The van der Waals surface area contributed by atoms with Gasteiger partial charge in [-0.15, -0.1) is 4.68 Å². The van der Waals surface area contributed by atoms with Gasteiger partial charge in [-0.3, -0.25) is 4.79 Å². The fourth-order valence-corrected chi connectivity index (χ4v) is 1.64. The number of nitrogen functional groups attached to an aromatic ring is 1. The number of carbonyl (C=O) groups excluding carboxylic acids is 1. The molecule has 0 amide bonds. The zero-order valence-electron chi connectivity index (χ0n) is 9.71. The summed E-state index contributed by atoms with van der Waals surface area (Å²) in [6.07, 6.45) is 1.75. The molecule has 2 aromatic rings. The SMILES string of the molecule is CC(=O)C[n+]1cn(Cc2ccccc2)nc1N.